The minimum absolute atomic E-state index is 0.0728. The monoisotopic (exact) mass is 293 g/mol. The summed E-state index contributed by atoms with van der Waals surface area (Å²) in [6, 6.07) is 13.2. The maximum absolute atomic E-state index is 13.4. The number of ether oxygens (including phenoxy) is 1. The number of benzene rings is 2. The minimum Gasteiger partial charge on any atom is -0.484 e. The first-order valence-corrected chi connectivity index (χ1v) is 6.41. The van der Waals surface area contributed by atoms with Gasteiger partial charge in [0.05, 0.1) is 0 Å². The van der Waals surface area contributed by atoms with Crippen molar-refractivity contribution in [3.05, 3.63) is 64.9 Å². The molecule has 0 bridgehead atoms. The summed E-state index contributed by atoms with van der Waals surface area (Å²) in [4.78, 5) is 11.6. The van der Waals surface area contributed by atoms with Crippen molar-refractivity contribution in [3.63, 3.8) is 0 Å². The third-order valence-electron chi connectivity index (χ3n) is 2.60. The highest BCUT2D eigenvalue weighted by atomic mass is 35.5. The first-order valence-electron chi connectivity index (χ1n) is 6.03. The molecule has 1 amide bonds. The van der Waals surface area contributed by atoms with Crippen LogP contribution in [0.4, 0.5) is 4.39 Å². The van der Waals surface area contributed by atoms with Gasteiger partial charge >= 0.3 is 0 Å². The van der Waals surface area contributed by atoms with E-state index >= 15 is 0 Å². The first kappa shape index (κ1) is 14.3. The fourth-order valence-electron chi connectivity index (χ4n) is 1.59. The molecule has 0 spiro atoms. The van der Waals surface area contributed by atoms with Crippen LogP contribution in [-0.4, -0.2) is 12.5 Å². The lowest BCUT2D eigenvalue weighted by molar-refractivity contribution is -0.123. The van der Waals surface area contributed by atoms with Gasteiger partial charge in [0.2, 0.25) is 0 Å². The predicted molar refractivity (Wildman–Crippen MR) is 75.2 cm³/mol. The van der Waals surface area contributed by atoms with Crippen LogP contribution in [0.5, 0.6) is 5.75 Å². The minimum atomic E-state index is -0.404. The van der Waals surface area contributed by atoms with Gasteiger partial charge in [-0.1, -0.05) is 29.8 Å². The SMILES string of the molecule is O=C(COc1ccccc1)NCc1cc(Cl)ccc1F. The molecule has 2 aromatic rings. The van der Waals surface area contributed by atoms with E-state index in [4.69, 9.17) is 16.3 Å². The van der Waals surface area contributed by atoms with Gasteiger partial charge in [0.1, 0.15) is 11.6 Å². The Bertz CT molecular complexity index is 590. The molecule has 0 aromatic heterocycles. The Morgan fingerprint density at radius 2 is 1.95 bits per heavy atom. The maximum atomic E-state index is 13.4. The highest BCUT2D eigenvalue weighted by Gasteiger charge is 2.06. The number of hydrogen-bond donors (Lipinski definition) is 1. The van der Waals surface area contributed by atoms with E-state index < -0.39 is 5.82 Å². The smallest absolute Gasteiger partial charge is 0.258 e. The molecule has 2 rings (SSSR count). The lowest BCUT2D eigenvalue weighted by Gasteiger charge is -2.08. The van der Waals surface area contributed by atoms with Crippen LogP contribution in [0.3, 0.4) is 0 Å². The molecule has 5 heteroatoms. The standard InChI is InChI=1S/C15H13ClFNO2/c16-12-6-7-14(17)11(8-12)9-18-15(19)10-20-13-4-2-1-3-5-13/h1-8H,9-10H2,(H,18,19). The lowest BCUT2D eigenvalue weighted by atomic mass is 10.2. The molecule has 0 saturated carbocycles. The van der Waals surface area contributed by atoms with Crippen LogP contribution in [0.1, 0.15) is 5.56 Å². The van der Waals surface area contributed by atoms with E-state index in [1.54, 1.807) is 12.1 Å². The summed E-state index contributed by atoms with van der Waals surface area (Å²) in [6.45, 7) is -0.0461. The van der Waals surface area contributed by atoms with E-state index in [0.717, 1.165) is 0 Å². The molecule has 2 aromatic carbocycles. The Hall–Kier alpha value is -2.07. The number of para-hydroxylation sites is 1. The molecule has 0 saturated heterocycles. The number of amides is 1. The van der Waals surface area contributed by atoms with Gasteiger partial charge in [-0.15, -0.1) is 0 Å². The number of nitrogens with one attached hydrogen (secondary N) is 1. The van der Waals surface area contributed by atoms with Crippen LogP contribution < -0.4 is 10.1 Å². The Labute approximate surface area is 121 Å². The molecule has 3 nitrogen and oxygen atoms in total. The van der Waals surface area contributed by atoms with Crippen LogP contribution in [0.25, 0.3) is 0 Å². The lowest BCUT2D eigenvalue weighted by Crippen LogP contribution is -2.28. The molecular formula is C15H13ClFNO2. The summed E-state index contributed by atoms with van der Waals surface area (Å²) in [5, 5.41) is 3.00. The van der Waals surface area contributed by atoms with Crippen LogP contribution in [-0.2, 0) is 11.3 Å². The zero-order valence-electron chi connectivity index (χ0n) is 10.6. The van der Waals surface area contributed by atoms with E-state index in [1.165, 1.54) is 18.2 Å². The van der Waals surface area contributed by atoms with Gasteiger partial charge in [0, 0.05) is 17.1 Å². The van der Waals surface area contributed by atoms with Crippen molar-refractivity contribution in [2.75, 3.05) is 6.61 Å². The summed E-state index contributed by atoms with van der Waals surface area (Å²) >= 11 is 5.77. The number of hydrogen-bond acceptors (Lipinski definition) is 2. The average molecular weight is 294 g/mol. The van der Waals surface area contributed by atoms with Crippen molar-refractivity contribution >= 4 is 17.5 Å². The van der Waals surface area contributed by atoms with Gasteiger partial charge in [-0.05, 0) is 30.3 Å². The van der Waals surface area contributed by atoms with Crippen molar-refractivity contribution < 1.29 is 13.9 Å². The second kappa shape index (κ2) is 6.91. The third kappa shape index (κ3) is 4.24. The molecule has 104 valence electrons. The molecule has 20 heavy (non-hydrogen) atoms. The van der Waals surface area contributed by atoms with Crippen LogP contribution in [0.15, 0.2) is 48.5 Å². The quantitative estimate of drug-likeness (QED) is 0.919. The van der Waals surface area contributed by atoms with E-state index in [9.17, 15) is 9.18 Å². The van der Waals surface area contributed by atoms with Crippen LogP contribution in [0.2, 0.25) is 5.02 Å². The van der Waals surface area contributed by atoms with Gasteiger partial charge in [0.15, 0.2) is 6.61 Å². The summed E-state index contributed by atoms with van der Waals surface area (Å²) in [5.41, 5.74) is 0.338. The third-order valence-corrected chi connectivity index (χ3v) is 2.83. The van der Waals surface area contributed by atoms with E-state index in [1.807, 2.05) is 18.2 Å². The fraction of sp³-hybridized carbons (Fsp3) is 0.133. The molecule has 0 fully saturated rings. The van der Waals surface area contributed by atoms with Gasteiger partial charge in [-0.2, -0.15) is 0 Å². The predicted octanol–water partition coefficient (Wildman–Crippen LogP) is 3.17. The largest absolute Gasteiger partial charge is 0.484 e. The second-order valence-electron chi connectivity index (χ2n) is 4.11. The summed E-state index contributed by atoms with van der Waals surface area (Å²) in [7, 11) is 0. The van der Waals surface area contributed by atoms with Crippen LogP contribution >= 0.6 is 11.6 Å². The molecule has 0 aliphatic heterocycles. The number of rotatable bonds is 5. The highest BCUT2D eigenvalue weighted by molar-refractivity contribution is 6.30. The normalized spacial score (nSPS) is 10.1. The fourth-order valence-corrected chi connectivity index (χ4v) is 1.78. The maximum Gasteiger partial charge on any atom is 0.258 e. The van der Waals surface area contributed by atoms with Gasteiger partial charge in [0.25, 0.3) is 5.91 Å². The van der Waals surface area contributed by atoms with Crippen LogP contribution in [0, 0.1) is 5.82 Å². The highest BCUT2D eigenvalue weighted by Crippen LogP contribution is 2.14. The first-order chi connectivity index (χ1) is 9.65. The Balaban J connectivity index is 1.82. The summed E-state index contributed by atoms with van der Waals surface area (Å²) in [6.07, 6.45) is 0. The Kier molecular flexibility index (Phi) is 4.96. The van der Waals surface area contributed by atoms with Gasteiger partial charge < -0.3 is 10.1 Å². The average Bonchev–Trinajstić information content (AvgIpc) is 2.47. The van der Waals surface area contributed by atoms with E-state index in [2.05, 4.69) is 5.32 Å². The molecule has 0 unspecified atom stereocenters. The number of halogens is 2. The van der Waals surface area contributed by atoms with Crippen molar-refractivity contribution in [2.24, 2.45) is 0 Å². The Morgan fingerprint density at radius 3 is 2.70 bits per heavy atom. The molecule has 0 radical (unpaired) electrons. The summed E-state index contributed by atoms with van der Waals surface area (Å²) < 4.78 is 18.7. The zero-order valence-corrected chi connectivity index (χ0v) is 11.4. The summed E-state index contributed by atoms with van der Waals surface area (Å²) in [5.74, 6) is -0.122. The number of carbonyl (C=O) groups is 1. The second-order valence-corrected chi connectivity index (χ2v) is 4.55. The van der Waals surface area contributed by atoms with Gasteiger partial charge in [-0.3, -0.25) is 4.79 Å². The van der Waals surface area contributed by atoms with E-state index in [-0.39, 0.29) is 19.1 Å². The topological polar surface area (TPSA) is 38.3 Å². The molecule has 1 N–H and O–H groups in total. The van der Waals surface area contributed by atoms with Crippen molar-refractivity contribution in [1.82, 2.24) is 5.32 Å². The molecule has 0 aliphatic carbocycles. The molecule has 0 heterocycles. The van der Waals surface area contributed by atoms with Crippen molar-refractivity contribution in [2.45, 2.75) is 6.54 Å². The van der Waals surface area contributed by atoms with Crippen molar-refractivity contribution in [1.29, 1.82) is 0 Å². The Morgan fingerprint density at radius 1 is 1.20 bits per heavy atom. The van der Waals surface area contributed by atoms with Crippen molar-refractivity contribution in [3.8, 4) is 5.75 Å². The zero-order chi connectivity index (χ0) is 14.4. The molecule has 0 aliphatic rings. The molecule has 0 atom stereocenters. The van der Waals surface area contributed by atoms with Gasteiger partial charge in [-0.25, -0.2) is 4.39 Å². The molecular weight excluding hydrogens is 281 g/mol. The number of carbonyl (C=O) groups excluding carboxylic acids is 1. The van der Waals surface area contributed by atoms with E-state index in [0.29, 0.717) is 16.3 Å².